The first-order chi connectivity index (χ1) is 14.5. The molecule has 1 aliphatic heterocycles. The summed E-state index contributed by atoms with van der Waals surface area (Å²) < 4.78 is 1.65. The summed E-state index contributed by atoms with van der Waals surface area (Å²) in [5.41, 5.74) is 4.54. The Morgan fingerprint density at radius 3 is 2.67 bits per heavy atom. The topological polar surface area (TPSA) is 97.5 Å². The predicted octanol–water partition coefficient (Wildman–Crippen LogP) is 1.79. The van der Waals surface area contributed by atoms with Gasteiger partial charge in [-0.25, -0.2) is 9.50 Å². The minimum atomic E-state index is -0.205. The van der Waals surface area contributed by atoms with Crippen LogP contribution in [0.25, 0.3) is 5.65 Å². The zero-order valence-corrected chi connectivity index (χ0v) is 17.2. The van der Waals surface area contributed by atoms with E-state index in [0.29, 0.717) is 24.3 Å². The molecule has 0 saturated carbocycles. The summed E-state index contributed by atoms with van der Waals surface area (Å²) in [6.45, 7) is 6.74. The Balaban J connectivity index is 1.47. The van der Waals surface area contributed by atoms with Crippen molar-refractivity contribution < 1.29 is 4.79 Å². The minimum Gasteiger partial charge on any atom is -0.370 e. The van der Waals surface area contributed by atoms with Crippen LogP contribution in [0, 0.1) is 25.2 Å². The predicted molar refractivity (Wildman–Crippen MR) is 114 cm³/mol. The van der Waals surface area contributed by atoms with Gasteiger partial charge in [-0.3, -0.25) is 14.7 Å². The first-order valence-corrected chi connectivity index (χ1v) is 10.1. The van der Waals surface area contributed by atoms with Crippen molar-refractivity contribution in [3.8, 4) is 6.07 Å². The Bertz CT molecular complexity index is 1190. The van der Waals surface area contributed by atoms with E-state index in [1.165, 1.54) is 6.07 Å². The molecule has 1 N–H and O–H groups in total. The van der Waals surface area contributed by atoms with Gasteiger partial charge in [0.1, 0.15) is 0 Å². The van der Waals surface area contributed by atoms with E-state index in [1.807, 2.05) is 43.0 Å². The fraction of sp³-hybridized carbons (Fsp3) is 0.364. The Morgan fingerprint density at radius 1 is 1.17 bits per heavy atom. The SMILES string of the molecule is Cc1nc2cc(=O)[nH]n2c(C)c1CC(=O)N1CCCN(c2ccc(C#N)cc2)CC1. The minimum absolute atomic E-state index is 0.0681. The first-order valence-electron chi connectivity index (χ1n) is 10.1. The van der Waals surface area contributed by atoms with Crippen LogP contribution in [0.3, 0.4) is 0 Å². The lowest BCUT2D eigenvalue weighted by Gasteiger charge is -2.24. The number of benzene rings is 1. The molecule has 0 unspecified atom stereocenters. The van der Waals surface area contributed by atoms with E-state index in [1.54, 1.807) is 4.52 Å². The quantitative estimate of drug-likeness (QED) is 0.718. The highest BCUT2D eigenvalue weighted by Gasteiger charge is 2.22. The number of hydrogen-bond acceptors (Lipinski definition) is 5. The van der Waals surface area contributed by atoms with E-state index in [-0.39, 0.29) is 17.9 Å². The number of amides is 1. The lowest BCUT2D eigenvalue weighted by molar-refractivity contribution is -0.130. The van der Waals surface area contributed by atoms with Crippen LogP contribution in [0.4, 0.5) is 5.69 Å². The van der Waals surface area contributed by atoms with E-state index >= 15 is 0 Å². The smallest absolute Gasteiger partial charge is 0.266 e. The highest BCUT2D eigenvalue weighted by molar-refractivity contribution is 5.79. The summed E-state index contributed by atoms with van der Waals surface area (Å²) in [4.78, 5) is 33.3. The molecule has 1 amide bonds. The lowest BCUT2D eigenvalue weighted by atomic mass is 10.1. The van der Waals surface area contributed by atoms with Crippen molar-refractivity contribution in [2.45, 2.75) is 26.7 Å². The van der Waals surface area contributed by atoms with Crippen LogP contribution in [0.15, 0.2) is 35.1 Å². The Kier molecular flexibility index (Phi) is 5.27. The molecule has 0 aliphatic carbocycles. The molecule has 0 spiro atoms. The van der Waals surface area contributed by atoms with Crippen molar-refractivity contribution in [2.75, 3.05) is 31.1 Å². The van der Waals surface area contributed by atoms with Gasteiger partial charge in [-0.05, 0) is 44.5 Å². The number of H-pyrrole nitrogens is 1. The molecule has 0 bridgehead atoms. The third kappa shape index (κ3) is 3.79. The second-order valence-electron chi connectivity index (χ2n) is 7.63. The molecule has 8 nitrogen and oxygen atoms in total. The molecule has 8 heteroatoms. The molecule has 1 saturated heterocycles. The van der Waals surface area contributed by atoms with Gasteiger partial charge in [0.05, 0.1) is 18.1 Å². The number of aryl methyl sites for hydroxylation is 2. The maximum atomic E-state index is 13.1. The van der Waals surface area contributed by atoms with Gasteiger partial charge in [-0.15, -0.1) is 0 Å². The van der Waals surface area contributed by atoms with Gasteiger partial charge in [-0.2, -0.15) is 5.26 Å². The maximum absolute atomic E-state index is 13.1. The molecule has 2 aromatic heterocycles. The zero-order valence-electron chi connectivity index (χ0n) is 17.2. The van der Waals surface area contributed by atoms with Gasteiger partial charge in [0, 0.05) is 54.9 Å². The summed E-state index contributed by atoms with van der Waals surface area (Å²) in [7, 11) is 0. The van der Waals surface area contributed by atoms with Crippen LogP contribution in [0.1, 0.15) is 28.9 Å². The fourth-order valence-electron chi connectivity index (χ4n) is 4.05. The molecule has 1 aliphatic rings. The van der Waals surface area contributed by atoms with E-state index in [2.05, 4.69) is 21.1 Å². The molecule has 3 aromatic rings. The summed E-state index contributed by atoms with van der Waals surface area (Å²) >= 11 is 0. The van der Waals surface area contributed by atoms with E-state index < -0.39 is 0 Å². The summed E-state index contributed by atoms with van der Waals surface area (Å²) in [6.07, 6.45) is 1.14. The fourth-order valence-corrected chi connectivity index (χ4v) is 4.05. The summed E-state index contributed by atoms with van der Waals surface area (Å²) in [5.74, 6) is 0.0681. The summed E-state index contributed by atoms with van der Waals surface area (Å²) in [6, 6.07) is 11.2. The Labute approximate surface area is 174 Å². The van der Waals surface area contributed by atoms with Crippen molar-refractivity contribution in [2.24, 2.45) is 0 Å². The standard InChI is InChI=1S/C22H24N6O2/c1-15-19(16(2)28-20(24-15)13-21(29)25-28)12-22(30)27-9-3-8-26(10-11-27)18-6-4-17(14-23)5-7-18/h4-7,13H,3,8-12H2,1-2H3,(H,25,29). The molecule has 30 heavy (non-hydrogen) atoms. The van der Waals surface area contributed by atoms with E-state index in [0.717, 1.165) is 42.1 Å². The number of anilines is 1. The maximum Gasteiger partial charge on any atom is 0.266 e. The molecule has 0 radical (unpaired) electrons. The average molecular weight is 404 g/mol. The molecule has 1 fully saturated rings. The largest absolute Gasteiger partial charge is 0.370 e. The number of hydrogen-bond donors (Lipinski definition) is 1. The Hall–Kier alpha value is -3.60. The second kappa shape index (κ2) is 8.03. The number of aromatic nitrogens is 3. The third-order valence-corrected chi connectivity index (χ3v) is 5.74. The van der Waals surface area contributed by atoms with E-state index in [9.17, 15) is 9.59 Å². The van der Waals surface area contributed by atoms with Gasteiger partial charge in [0.25, 0.3) is 5.56 Å². The van der Waals surface area contributed by atoms with Crippen LogP contribution in [-0.4, -0.2) is 51.6 Å². The third-order valence-electron chi connectivity index (χ3n) is 5.74. The van der Waals surface area contributed by atoms with Crippen LogP contribution in [-0.2, 0) is 11.2 Å². The van der Waals surface area contributed by atoms with Gasteiger partial charge in [-0.1, -0.05) is 0 Å². The zero-order chi connectivity index (χ0) is 21.3. The van der Waals surface area contributed by atoms with Crippen molar-refractivity contribution in [1.82, 2.24) is 19.5 Å². The number of aromatic amines is 1. The average Bonchev–Trinajstić information content (AvgIpc) is 2.96. The lowest BCUT2D eigenvalue weighted by Crippen LogP contribution is -2.36. The van der Waals surface area contributed by atoms with Gasteiger partial charge in [0.15, 0.2) is 5.65 Å². The first kappa shape index (κ1) is 19.7. The highest BCUT2D eigenvalue weighted by Crippen LogP contribution is 2.19. The van der Waals surface area contributed by atoms with Crippen LogP contribution >= 0.6 is 0 Å². The number of rotatable bonds is 3. The van der Waals surface area contributed by atoms with Gasteiger partial charge >= 0.3 is 0 Å². The molecule has 1 aromatic carbocycles. The monoisotopic (exact) mass is 404 g/mol. The van der Waals surface area contributed by atoms with Crippen molar-refractivity contribution in [3.63, 3.8) is 0 Å². The highest BCUT2D eigenvalue weighted by atomic mass is 16.2. The number of nitriles is 1. The molecule has 3 heterocycles. The second-order valence-corrected chi connectivity index (χ2v) is 7.63. The number of carbonyl (C=O) groups is 1. The number of carbonyl (C=O) groups excluding carboxylic acids is 1. The van der Waals surface area contributed by atoms with Crippen molar-refractivity contribution >= 4 is 17.2 Å². The van der Waals surface area contributed by atoms with Crippen molar-refractivity contribution in [3.05, 3.63) is 63.2 Å². The molecular weight excluding hydrogens is 380 g/mol. The van der Waals surface area contributed by atoms with Gasteiger partial charge in [0.2, 0.25) is 5.91 Å². The molecule has 4 rings (SSSR count). The van der Waals surface area contributed by atoms with Crippen LogP contribution < -0.4 is 10.5 Å². The van der Waals surface area contributed by atoms with E-state index in [4.69, 9.17) is 5.26 Å². The van der Waals surface area contributed by atoms with Crippen molar-refractivity contribution in [1.29, 1.82) is 5.26 Å². The Morgan fingerprint density at radius 2 is 1.93 bits per heavy atom. The van der Waals surface area contributed by atoms with Crippen LogP contribution in [0.5, 0.6) is 0 Å². The normalized spacial score (nSPS) is 14.6. The van der Waals surface area contributed by atoms with Gasteiger partial charge < -0.3 is 9.80 Å². The van der Waals surface area contributed by atoms with Crippen LogP contribution in [0.2, 0.25) is 0 Å². The molecule has 154 valence electrons. The number of fused-ring (bicyclic) bond motifs is 1. The summed E-state index contributed by atoms with van der Waals surface area (Å²) in [5, 5.41) is 11.7. The number of nitrogens with zero attached hydrogens (tertiary/aromatic N) is 5. The molecule has 0 atom stereocenters. The number of nitrogens with one attached hydrogen (secondary N) is 1. The molecular formula is C22H24N6O2.